The highest BCUT2D eigenvalue weighted by atomic mass is 32.2. The van der Waals surface area contributed by atoms with Crippen molar-refractivity contribution in [2.24, 2.45) is 5.92 Å². The average Bonchev–Trinajstić information content (AvgIpc) is 2.82. The first-order valence-electron chi connectivity index (χ1n) is 6.27. The number of aliphatic carboxylic acids is 1. The molecule has 1 fully saturated rings. The average molecular weight is 319 g/mol. The topological polar surface area (TPSA) is 99.6 Å². The van der Waals surface area contributed by atoms with Gasteiger partial charge in [-0.2, -0.15) is 17.4 Å². The number of piperidine rings is 1. The number of thiazole rings is 1. The first kappa shape index (κ1) is 15.4. The largest absolute Gasteiger partial charge is 0.481 e. The molecule has 1 atom stereocenters. The van der Waals surface area contributed by atoms with Crippen molar-refractivity contribution in [3.8, 4) is 0 Å². The summed E-state index contributed by atoms with van der Waals surface area (Å²) in [6.45, 7) is 2.36. The van der Waals surface area contributed by atoms with Gasteiger partial charge in [0.2, 0.25) is 0 Å². The Morgan fingerprint density at radius 1 is 1.65 bits per heavy atom. The van der Waals surface area contributed by atoms with Gasteiger partial charge < -0.3 is 5.11 Å². The minimum atomic E-state index is -3.65. The lowest BCUT2D eigenvalue weighted by molar-refractivity contribution is -0.142. The Bertz CT molecular complexity index is 584. The first-order chi connectivity index (χ1) is 9.38. The van der Waals surface area contributed by atoms with Crippen LogP contribution in [-0.2, 0) is 21.5 Å². The molecule has 20 heavy (non-hydrogen) atoms. The third-order valence-corrected chi connectivity index (χ3v) is 5.52. The van der Waals surface area contributed by atoms with E-state index in [2.05, 4.69) is 9.71 Å². The maximum atomic E-state index is 12.1. The maximum absolute atomic E-state index is 12.1. The van der Waals surface area contributed by atoms with Crippen LogP contribution in [0.3, 0.4) is 0 Å². The minimum absolute atomic E-state index is 0.0285. The van der Waals surface area contributed by atoms with Gasteiger partial charge in [0.05, 0.1) is 23.2 Å². The van der Waals surface area contributed by atoms with E-state index in [0.29, 0.717) is 25.1 Å². The van der Waals surface area contributed by atoms with Gasteiger partial charge in [0.15, 0.2) is 0 Å². The molecule has 0 aromatic carbocycles. The van der Waals surface area contributed by atoms with Crippen LogP contribution in [0.4, 0.5) is 0 Å². The Morgan fingerprint density at radius 2 is 2.40 bits per heavy atom. The lowest BCUT2D eigenvalue weighted by Crippen LogP contribution is -2.47. The number of aromatic nitrogens is 1. The monoisotopic (exact) mass is 319 g/mol. The van der Waals surface area contributed by atoms with Gasteiger partial charge in [0.25, 0.3) is 10.2 Å². The van der Waals surface area contributed by atoms with Crippen LogP contribution in [0.2, 0.25) is 0 Å². The highest BCUT2D eigenvalue weighted by molar-refractivity contribution is 7.87. The number of aryl methyl sites for hydroxylation is 1. The van der Waals surface area contributed by atoms with Gasteiger partial charge in [-0.25, -0.2) is 4.98 Å². The molecular formula is C11H17N3O4S2. The number of carbonyl (C=O) groups is 1. The second-order valence-electron chi connectivity index (χ2n) is 4.72. The van der Waals surface area contributed by atoms with E-state index in [1.807, 2.05) is 6.92 Å². The van der Waals surface area contributed by atoms with Crippen LogP contribution in [0.15, 0.2) is 5.38 Å². The summed E-state index contributed by atoms with van der Waals surface area (Å²) in [5.41, 5.74) is 0.669. The molecule has 7 nitrogen and oxygen atoms in total. The Labute approximate surface area is 121 Å². The van der Waals surface area contributed by atoms with Gasteiger partial charge in [0, 0.05) is 18.5 Å². The fourth-order valence-corrected chi connectivity index (χ4v) is 3.98. The fraction of sp³-hybridized carbons (Fsp3) is 0.636. The predicted octanol–water partition coefficient (Wildman–Crippen LogP) is 0.583. The van der Waals surface area contributed by atoms with Crippen LogP contribution in [-0.4, -0.2) is 41.9 Å². The van der Waals surface area contributed by atoms with E-state index < -0.39 is 22.1 Å². The number of hydrogen-bond donors (Lipinski definition) is 2. The van der Waals surface area contributed by atoms with Gasteiger partial charge in [0.1, 0.15) is 0 Å². The summed E-state index contributed by atoms with van der Waals surface area (Å²) in [5.74, 6) is -1.57. The van der Waals surface area contributed by atoms with Gasteiger partial charge in [-0.3, -0.25) is 4.79 Å². The van der Waals surface area contributed by atoms with Crippen LogP contribution in [0.5, 0.6) is 0 Å². The molecule has 2 rings (SSSR count). The van der Waals surface area contributed by atoms with E-state index in [9.17, 15) is 13.2 Å². The molecule has 0 radical (unpaired) electrons. The van der Waals surface area contributed by atoms with Crippen LogP contribution in [0, 0.1) is 12.8 Å². The molecule has 2 N–H and O–H groups in total. The number of rotatable bonds is 5. The highest BCUT2D eigenvalue weighted by Gasteiger charge is 2.32. The second-order valence-corrected chi connectivity index (χ2v) is 7.54. The van der Waals surface area contributed by atoms with Crippen molar-refractivity contribution in [1.82, 2.24) is 14.0 Å². The maximum Gasteiger partial charge on any atom is 0.307 e. The van der Waals surface area contributed by atoms with Crippen LogP contribution < -0.4 is 4.72 Å². The minimum Gasteiger partial charge on any atom is -0.481 e. The number of carboxylic acid groups (broad SMARTS) is 1. The number of hydrogen-bond acceptors (Lipinski definition) is 5. The Morgan fingerprint density at radius 3 is 3.00 bits per heavy atom. The van der Waals surface area contributed by atoms with Crippen LogP contribution in [0.25, 0.3) is 0 Å². The molecular weight excluding hydrogens is 302 g/mol. The van der Waals surface area contributed by atoms with E-state index in [1.54, 1.807) is 5.38 Å². The molecule has 0 bridgehead atoms. The van der Waals surface area contributed by atoms with Crippen LogP contribution >= 0.6 is 11.3 Å². The molecule has 9 heteroatoms. The number of carboxylic acids is 1. The van der Waals surface area contributed by atoms with Crippen molar-refractivity contribution in [1.29, 1.82) is 0 Å². The molecule has 0 spiro atoms. The predicted molar refractivity (Wildman–Crippen MR) is 74.5 cm³/mol. The summed E-state index contributed by atoms with van der Waals surface area (Å²) in [4.78, 5) is 15.1. The molecule has 1 aromatic heterocycles. The summed E-state index contributed by atoms with van der Waals surface area (Å²) in [5, 5.41) is 11.7. The molecule has 1 saturated heterocycles. The summed E-state index contributed by atoms with van der Waals surface area (Å²) in [6, 6.07) is 0. The molecule has 1 unspecified atom stereocenters. The lowest BCUT2D eigenvalue weighted by atomic mass is 10.0. The van der Waals surface area contributed by atoms with Gasteiger partial charge in [-0.15, -0.1) is 11.3 Å². The Kier molecular flexibility index (Phi) is 4.74. The summed E-state index contributed by atoms with van der Waals surface area (Å²) in [6.07, 6.45) is 1.08. The molecule has 1 aliphatic rings. The fourth-order valence-electron chi connectivity index (χ4n) is 2.11. The van der Waals surface area contributed by atoms with Crippen molar-refractivity contribution in [2.75, 3.05) is 13.1 Å². The summed E-state index contributed by atoms with van der Waals surface area (Å²) in [7, 11) is -3.65. The molecule has 0 saturated carbocycles. The number of nitrogens with zero attached hydrogens (tertiary/aromatic N) is 2. The molecule has 1 aromatic rings. The Balaban J connectivity index is 1.97. The third-order valence-electron chi connectivity index (χ3n) is 3.18. The summed E-state index contributed by atoms with van der Waals surface area (Å²) >= 11 is 1.46. The Hall–Kier alpha value is -1.03. The zero-order valence-electron chi connectivity index (χ0n) is 11.1. The van der Waals surface area contributed by atoms with Crippen molar-refractivity contribution in [2.45, 2.75) is 26.3 Å². The third kappa shape index (κ3) is 3.75. The molecule has 2 heterocycles. The lowest BCUT2D eigenvalue weighted by Gasteiger charge is -2.29. The van der Waals surface area contributed by atoms with Crippen molar-refractivity contribution < 1.29 is 18.3 Å². The van der Waals surface area contributed by atoms with E-state index in [0.717, 1.165) is 5.01 Å². The van der Waals surface area contributed by atoms with E-state index in [1.165, 1.54) is 15.6 Å². The standard InChI is InChI=1S/C11H17N3O4S2/c1-8-13-10(7-19-8)5-12-20(17,18)14-4-2-3-9(6-14)11(15)16/h7,9,12H,2-6H2,1H3,(H,15,16). The molecule has 0 amide bonds. The van der Waals surface area contributed by atoms with Gasteiger partial charge >= 0.3 is 5.97 Å². The first-order valence-corrected chi connectivity index (χ1v) is 8.59. The second kappa shape index (κ2) is 6.17. The quantitative estimate of drug-likeness (QED) is 0.827. The van der Waals surface area contributed by atoms with E-state index in [-0.39, 0.29) is 13.1 Å². The van der Waals surface area contributed by atoms with Crippen molar-refractivity contribution >= 4 is 27.5 Å². The highest BCUT2D eigenvalue weighted by Crippen LogP contribution is 2.19. The van der Waals surface area contributed by atoms with E-state index in [4.69, 9.17) is 5.11 Å². The zero-order chi connectivity index (χ0) is 14.8. The summed E-state index contributed by atoms with van der Waals surface area (Å²) < 4.78 is 27.9. The van der Waals surface area contributed by atoms with Crippen molar-refractivity contribution in [3.63, 3.8) is 0 Å². The smallest absolute Gasteiger partial charge is 0.307 e. The van der Waals surface area contributed by atoms with Crippen LogP contribution in [0.1, 0.15) is 23.5 Å². The zero-order valence-corrected chi connectivity index (χ0v) is 12.7. The normalized spacial score (nSPS) is 20.9. The molecule has 1 aliphatic heterocycles. The van der Waals surface area contributed by atoms with Gasteiger partial charge in [-0.1, -0.05) is 0 Å². The van der Waals surface area contributed by atoms with E-state index >= 15 is 0 Å². The molecule has 0 aliphatic carbocycles. The molecule has 112 valence electrons. The van der Waals surface area contributed by atoms with Gasteiger partial charge in [-0.05, 0) is 19.8 Å². The SMILES string of the molecule is Cc1nc(CNS(=O)(=O)N2CCCC(C(=O)O)C2)cs1. The number of nitrogens with one attached hydrogen (secondary N) is 1. The van der Waals surface area contributed by atoms with Crippen molar-refractivity contribution in [3.05, 3.63) is 16.1 Å².